The largest absolute Gasteiger partial charge is 0.393 e. The van der Waals surface area contributed by atoms with Gasteiger partial charge in [-0.05, 0) is 37.5 Å². The fraction of sp³-hybridized carbons (Fsp3) is 0.706. The molecule has 1 aliphatic carbocycles. The van der Waals surface area contributed by atoms with Gasteiger partial charge in [0.05, 0.1) is 6.10 Å². The quantitative estimate of drug-likeness (QED) is 0.740. The standard InChI is InChI=1S/C17H26N4O2/c1-10(2)7-14-20-15-13(4-6-19-17(15)23)16(21-14)18-5-3-11-8-12(22)9-11/h10-12,22H,3-9H2,1-2H3,(H,19,23)(H,18,20,21). The number of aliphatic hydroxyl groups is 1. The maximum absolute atomic E-state index is 12.1. The van der Waals surface area contributed by atoms with Crippen molar-refractivity contribution in [2.75, 3.05) is 18.4 Å². The van der Waals surface area contributed by atoms with Gasteiger partial charge in [-0.2, -0.15) is 0 Å². The number of amides is 1. The highest BCUT2D eigenvalue weighted by Crippen LogP contribution is 2.30. The molecule has 1 aromatic heterocycles. The average molecular weight is 318 g/mol. The minimum absolute atomic E-state index is 0.0937. The average Bonchev–Trinajstić information content (AvgIpc) is 2.45. The van der Waals surface area contributed by atoms with E-state index >= 15 is 0 Å². The van der Waals surface area contributed by atoms with E-state index in [1.54, 1.807) is 0 Å². The number of aliphatic hydroxyl groups excluding tert-OH is 1. The van der Waals surface area contributed by atoms with Crippen molar-refractivity contribution in [1.82, 2.24) is 15.3 Å². The fourth-order valence-electron chi connectivity index (χ4n) is 3.27. The predicted molar refractivity (Wildman–Crippen MR) is 88.4 cm³/mol. The Balaban J connectivity index is 1.73. The van der Waals surface area contributed by atoms with Crippen LogP contribution < -0.4 is 10.6 Å². The van der Waals surface area contributed by atoms with Crippen LogP contribution in [-0.2, 0) is 12.8 Å². The molecule has 1 amide bonds. The molecule has 23 heavy (non-hydrogen) atoms. The van der Waals surface area contributed by atoms with E-state index in [9.17, 15) is 9.90 Å². The van der Waals surface area contributed by atoms with Crippen LogP contribution in [0.5, 0.6) is 0 Å². The lowest BCUT2D eigenvalue weighted by Gasteiger charge is -2.31. The van der Waals surface area contributed by atoms with Gasteiger partial charge in [-0.3, -0.25) is 4.79 Å². The van der Waals surface area contributed by atoms with Crippen LogP contribution in [0.4, 0.5) is 5.82 Å². The van der Waals surface area contributed by atoms with Crippen molar-refractivity contribution in [2.24, 2.45) is 11.8 Å². The molecule has 126 valence electrons. The van der Waals surface area contributed by atoms with Gasteiger partial charge < -0.3 is 15.7 Å². The van der Waals surface area contributed by atoms with E-state index in [0.717, 1.165) is 55.9 Å². The molecule has 6 heteroatoms. The first-order valence-corrected chi connectivity index (χ1v) is 8.63. The number of rotatable bonds is 6. The Morgan fingerprint density at radius 1 is 1.35 bits per heavy atom. The lowest BCUT2D eigenvalue weighted by atomic mass is 9.80. The molecule has 1 aliphatic heterocycles. The molecule has 0 saturated heterocycles. The number of fused-ring (bicyclic) bond motifs is 1. The minimum Gasteiger partial charge on any atom is -0.393 e. The molecule has 1 fully saturated rings. The molecular formula is C17H26N4O2. The number of aromatic nitrogens is 2. The van der Waals surface area contributed by atoms with Gasteiger partial charge in [0.15, 0.2) is 0 Å². The van der Waals surface area contributed by atoms with E-state index in [-0.39, 0.29) is 12.0 Å². The Morgan fingerprint density at radius 2 is 2.13 bits per heavy atom. The first-order chi connectivity index (χ1) is 11.0. The zero-order chi connectivity index (χ0) is 16.4. The van der Waals surface area contributed by atoms with Crippen LogP contribution in [0.15, 0.2) is 0 Å². The van der Waals surface area contributed by atoms with Gasteiger partial charge in [0.25, 0.3) is 5.91 Å². The number of nitrogens with zero attached hydrogens (tertiary/aromatic N) is 2. The van der Waals surface area contributed by atoms with Crippen LogP contribution in [-0.4, -0.2) is 40.2 Å². The molecular weight excluding hydrogens is 292 g/mol. The normalized spacial score (nSPS) is 23.2. The van der Waals surface area contributed by atoms with Crippen molar-refractivity contribution in [3.63, 3.8) is 0 Å². The van der Waals surface area contributed by atoms with Gasteiger partial charge in [0.1, 0.15) is 17.3 Å². The molecule has 0 bridgehead atoms. The lowest BCUT2D eigenvalue weighted by Crippen LogP contribution is -2.34. The monoisotopic (exact) mass is 318 g/mol. The summed E-state index contributed by atoms with van der Waals surface area (Å²) >= 11 is 0. The van der Waals surface area contributed by atoms with Crippen LogP contribution in [0.2, 0.25) is 0 Å². The molecule has 1 saturated carbocycles. The minimum atomic E-state index is -0.104. The summed E-state index contributed by atoms with van der Waals surface area (Å²) in [6.45, 7) is 5.71. The molecule has 0 aromatic carbocycles. The summed E-state index contributed by atoms with van der Waals surface area (Å²) in [6, 6.07) is 0. The predicted octanol–water partition coefficient (Wildman–Crippen LogP) is 1.53. The Morgan fingerprint density at radius 3 is 2.83 bits per heavy atom. The van der Waals surface area contributed by atoms with Crippen LogP contribution >= 0.6 is 0 Å². The SMILES string of the molecule is CC(C)Cc1nc(NCCC2CC(O)C2)c2c(n1)C(=O)NCC2. The van der Waals surface area contributed by atoms with Gasteiger partial charge >= 0.3 is 0 Å². The molecule has 0 unspecified atom stereocenters. The number of anilines is 1. The smallest absolute Gasteiger partial charge is 0.270 e. The lowest BCUT2D eigenvalue weighted by molar-refractivity contribution is 0.0408. The van der Waals surface area contributed by atoms with Crippen molar-refractivity contribution in [3.05, 3.63) is 17.1 Å². The second-order valence-electron chi connectivity index (χ2n) is 7.13. The summed E-state index contributed by atoms with van der Waals surface area (Å²) < 4.78 is 0. The van der Waals surface area contributed by atoms with Crippen molar-refractivity contribution >= 4 is 11.7 Å². The molecule has 0 radical (unpaired) electrons. The van der Waals surface area contributed by atoms with Gasteiger partial charge in [0, 0.05) is 25.1 Å². The highest BCUT2D eigenvalue weighted by Gasteiger charge is 2.27. The van der Waals surface area contributed by atoms with E-state index in [2.05, 4.69) is 34.4 Å². The topological polar surface area (TPSA) is 87.1 Å². The maximum Gasteiger partial charge on any atom is 0.270 e. The van der Waals surface area contributed by atoms with Crippen LogP contribution in [0.1, 0.15) is 55.0 Å². The molecule has 0 atom stereocenters. The zero-order valence-corrected chi connectivity index (χ0v) is 13.9. The Hall–Kier alpha value is -1.69. The summed E-state index contributed by atoms with van der Waals surface area (Å²) in [5, 5.41) is 15.6. The third-order valence-corrected chi connectivity index (χ3v) is 4.58. The molecule has 2 heterocycles. The summed E-state index contributed by atoms with van der Waals surface area (Å²) in [5.41, 5.74) is 1.47. The Bertz CT molecular complexity index is 582. The summed E-state index contributed by atoms with van der Waals surface area (Å²) in [4.78, 5) is 21.2. The van der Waals surface area contributed by atoms with Gasteiger partial charge in [-0.1, -0.05) is 13.8 Å². The number of carbonyl (C=O) groups is 1. The van der Waals surface area contributed by atoms with Crippen LogP contribution in [0.3, 0.4) is 0 Å². The summed E-state index contributed by atoms with van der Waals surface area (Å²) in [5.74, 6) is 2.51. The van der Waals surface area contributed by atoms with E-state index < -0.39 is 0 Å². The Kier molecular flexibility index (Phi) is 4.80. The van der Waals surface area contributed by atoms with Crippen LogP contribution in [0.25, 0.3) is 0 Å². The first kappa shape index (κ1) is 16.2. The number of nitrogens with one attached hydrogen (secondary N) is 2. The third-order valence-electron chi connectivity index (χ3n) is 4.58. The highest BCUT2D eigenvalue weighted by molar-refractivity contribution is 5.95. The first-order valence-electron chi connectivity index (χ1n) is 8.63. The third kappa shape index (κ3) is 3.80. The molecule has 2 aliphatic rings. The summed E-state index contributed by atoms with van der Waals surface area (Å²) in [7, 11) is 0. The second-order valence-corrected chi connectivity index (χ2v) is 7.13. The van der Waals surface area contributed by atoms with Crippen molar-refractivity contribution in [2.45, 2.75) is 52.1 Å². The summed E-state index contributed by atoms with van der Waals surface area (Å²) in [6.07, 6.45) is 4.28. The van der Waals surface area contributed by atoms with E-state index in [1.165, 1.54) is 0 Å². The van der Waals surface area contributed by atoms with Gasteiger partial charge in [0.2, 0.25) is 0 Å². The van der Waals surface area contributed by atoms with Crippen molar-refractivity contribution in [3.8, 4) is 0 Å². The molecule has 6 nitrogen and oxygen atoms in total. The molecule has 3 rings (SSSR count). The molecule has 3 N–H and O–H groups in total. The second kappa shape index (κ2) is 6.83. The van der Waals surface area contributed by atoms with E-state index in [4.69, 9.17) is 0 Å². The maximum atomic E-state index is 12.1. The van der Waals surface area contributed by atoms with Gasteiger partial charge in [-0.25, -0.2) is 9.97 Å². The Labute approximate surface area is 137 Å². The number of carbonyl (C=O) groups excluding carboxylic acids is 1. The fourth-order valence-corrected chi connectivity index (χ4v) is 3.27. The van der Waals surface area contributed by atoms with Crippen LogP contribution in [0, 0.1) is 11.8 Å². The van der Waals surface area contributed by atoms with Crippen molar-refractivity contribution in [1.29, 1.82) is 0 Å². The highest BCUT2D eigenvalue weighted by atomic mass is 16.3. The molecule has 0 spiro atoms. The van der Waals surface area contributed by atoms with E-state index in [1.807, 2.05) is 0 Å². The molecule has 1 aromatic rings. The van der Waals surface area contributed by atoms with Gasteiger partial charge in [-0.15, -0.1) is 0 Å². The number of hydrogen-bond donors (Lipinski definition) is 3. The zero-order valence-electron chi connectivity index (χ0n) is 13.9. The number of hydrogen-bond acceptors (Lipinski definition) is 5. The van der Waals surface area contributed by atoms with Crippen molar-refractivity contribution < 1.29 is 9.90 Å². The van der Waals surface area contributed by atoms with E-state index in [0.29, 0.717) is 24.1 Å².